The van der Waals surface area contributed by atoms with Gasteiger partial charge in [-0.15, -0.1) is 0 Å². The fourth-order valence-electron chi connectivity index (χ4n) is 3.16. The zero-order valence-electron chi connectivity index (χ0n) is 12.2. The lowest BCUT2D eigenvalue weighted by atomic mass is 9.95. The molecule has 0 radical (unpaired) electrons. The maximum Gasteiger partial charge on any atom is 0.0904 e. The first kappa shape index (κ1) is 12.7. The highest BCUT2D eigenvalue weighted by Gasteiger charge is 2.23. The molecule has 0 bridgehead atoms. The highest BCUT2D eigenvalue weighted by Crippen LogP contribution is 2.24. The normalized spacial score (nSPS) is 17.8. The molecular formula is C17H18N4. The van der Waals surface area contributed by atoms with Crippen molar-refractivity contribution in [1.82, 2.24) is 19.9 Å². The maximum absolute atomic E-state index is 4.77. The van der Waals surface area contributed by atoms with Gasteiger partial charge >= 0.3 is 0 Å². The molecule has 0 aromatic carbocycles. The van der Waals surface area contributed by atoms with Crippen LogP contribution in [0.25, 0.3) is 17.3 Å². The van der Waals surface area contributed by atoms with E-state index in [0.717, 1.165) is 54.5 Å². The van der Waals surface area contributed by atoms with Crippen molar-refractivity contribution in [3.05, 3.63) is 47.7 Å². The summed E-state index contributed by atoms with van der Waals surface area (Å²) in [5.41, 5.74) is 5.43. The van der Waals surface area contributed by atoms with Crippen molar-refractivity contribution in [2.45, 2.75) is 12.8 Å². The van der Waals surface area contributed by atoms with E-state index < -0.39 is 0 Å². The van der Waals surface area contributed by atoms with Crippen LogP contribution in [0.15, 0.2) is 30.7 Å². The van der Waals surface area contributed by atoms with E-state index in [4.69, 9.17) is 4.98 Å². The Kier molecular flexibility index (Phi) is 3.04. The molecular weight excluding hydrogens is 260 g/mol. The summed E-state index contributed by atoms with van der Waals surface area (Å²) in [4.78, 5) is 16.0. The summed E-state index contributed by atoms with van der Waals surface area (Å²) >= 11 is 0. The predicted octanol–water partition coefficient (Wildman–Crippen LogP) is 2.21. The van der Waals surface area contributed by atoms with E-state index in [0.29, 0.717) is 0 Å². The minimum Gasteiger partial charge on any atom is -0.306 e. The standard InChI is InChI=1S/C17H18N4/c1-21-10-12(11-21)5-15-8-18-9-17(20-15)14-6-13-3-2-4-16(13)19-7-14/h2-3,6-9,12H,4-5,10-11H2,1H3. The molecule has 4 rings (SSSR count). The summed E-state index contributed by atoms with van der Waals surface area (Å²) in [5, 5.41) is 0. The van der Waals surface area contributed by atoms with Crippen LogP contribution in [0, 0.1) is 5.92 Å². The minimum absolute atomic E-state index is 0.723. The van der Waals surface area contributed by atoms with Crippen LogP contribution in [0.2, 0.25) is 0 Å². The van der Waals surface area contributed by atoms with Gasteiger partial charge in [-0.3, -0.25) is 9.97 Å². The highest BCUT2D eigenvalue weighted by molar-refractivity contribution is 5.66. The van der Waals surface area contributed by atoms with Crippen molar-refractivity contribution in [3.8, 4) is 11.3 Å². The maximum atomic E-state index is 4.77. The van der Waals surface area contributed by atoms with Crippen LogP contribution in [-0.2, 0) is 12.8 Å². The van der Waals surface area contributed by atoms with Gasteiger partial charge in [-0.05, 0) is 31.0 Å². The first-order valence-electron chi connectivity index (χ1n) is 7.43. The van der Waals surface area contributed by atoms with Gasteiger partial charge in [0.15, 0.2) is 0 Å². The van der Waals surface area contributed by atoms with Gasteiger partial charge in [0.2, 0.25) is 0 Å². The van der Waals surface area contributed by atoms with Gasteiger partial charge in [-0.25, -0.2) is 4.98 Å². The lowest BCUT2D eigenvalue weighted by Crippen LogP contribution is -2.44. The van der Waals surface area contributed by atoms with E-state index >= 15 is 0 Å². The summed E-state index contributed by atoms with van der Waals surface area (Å²) < 4.78 is 0. The molecule has 0 amide bonds. The molecule has 1 fully saturated rings. The first-order valence-corrected chi connectivity index (χ1v) is 7.43. The molecule has 0 atom stereocenters. The molecule has 2 aromatic rings. The lowest BCUT2D eigenvalue weighted by molar-refractivity contribution is 0.134. The van der Waals surface area contributed by atoms with Gasteiger partial charge in [0, 0.05) is 37.5 Å². The number of rotatable bonds is 3. The zero-order chi connectivity index (χ0) is 14.2. The molecule has 0 unspecified atom stereocenters. The molecule has 4 nitrogen and oxygen atoms in total. The summed E-state index contributed by atoms with van der Waals surface area (Å²) in [6.45, 7) is 2.33. The third-order valence-electron chi connectivity index (χ3n) is 4.23. The summed E-state index contributed by atoms with van der Waals surface area (Å²) in [6, 6.07) is 2.16. The van der Waals surface area contributed by atoms with Gasteiger partial charge in [0.05, 0.1) is 23.3 Å². The summed E-state index contributed by atoms with van der Waals surface area (Å²) in [6.07, 6.45) is 11.9. The molecule has 1 saturated heterocycles. The lowest BCUT2D eigenvalue weighted by Gasteiger charge is -2.35. The van der Waals surface area contributed by atoms with E-state index in [-0.39, 0.29) is 0 Å². The molecule has 1 aliphatic heterocycles. The minimum atomic E-state index is 0.723. The Labute approximate surface area is 124 Å². The fourth-order valence-corrected chi connectivity index (χ4v) is 3.16. The molecule has 1 aliphatic carbocycles. The topological polar surface area (TPSA) is 41.9 Å². The SMILES string of the molecule is CN1CC(Cc2cncc(-c3cnc4c(c3)C=CC4)n2)C1. The van der Waals surface area contributed by atoms with Gasteiger partial charge in [-0.1, -0.05) is 12.2 Å². The van der Waals surface area contributed by atoms with Crippen molar-refractivity contribution in [2.75, 3.05) is 20.1 Å². The Morgan fingerprint density at radius 3 is 3.00 bits per heavy atom. The number of hydrogen-bond donors (Lipinski definition) is 0. The van der Waals surface area contributed by atoms with Crippen LogP contribution < -0.4 is 0 Å². The van der Waals surface area contributed by atoms with Crippen molar-refractivity contribution in [3.63, 3.8) is 0 Å². The van der Waals surface area contributed by atoms with Crippen molar-refractivity contribution in [1.29, 1.82) is 0 Å². The van der Waals surface area contributed by atoms with Crippen molar-refractivity contribution < 1.29 is 0 Å². The molecule has 2 aromatic heterocycles. The van der Waals surface area contributed by atoms with Gasteiger partial charge in [0.25, 0.3) is 0 Å². The molecule has 0 N–H and O–H groups in total. The van der Waals surface area contributed by atoms with E-state index in [2.05, 4.69) is 40.1 Å². The predicted molar refractivity (Wildman–Crippen MR) is 82.7 cm³/mol. The van der Waals surface area contributed by atoms with Crippen LogP contribution in [-0.4, -0.2) is 40.0 Å². The van der Waals surface area contributed by atoms with E-state index in [9.17, 15) is 0 Å². The number of allylic oxidation sites excluding steroid dienone is 1. The highest BCUT2D eigenvalue weighted by atomic mass is 15.2. The molecule has 106 valence electrons. The van der Waals surface area contributed by atoms with E-state index in [1.807, 2.05) is 18.6 Å². The smallest absolute Gasteiger partial charge is 0.0904 e. The number of fused-ring (bicyclic) bond motifs is 1. The largest absolute Gasteiger partial charge is 0.306 e. The van der Waals surface area contributed by atoms with Crippen LogP contribution in [0.4, 0.5) is 0 Å². The second-order valence-corrected chi connectivity index (χ2v) is 6.05. The third-order valence-corrected chi connectivity index (χ3v) is 4.23. The average Bonchev–Trinajstić information content (AvgIpc) is 2.93. The molecule has 21 heavy (non-hydrogen) atoms. The quantitative estimate of drug-likeness (QED) is 0.863. The Hall–Kier alpha value is -2.07. The van der Waals surface area contributed by atoms with Crippen LogP contribution >= 0.6 is 0 Å². The number of nitrogens with zero attached hydrogens (tertiary/aromatic N) is 4. The second kappa shape index (κ2) is 5.04. The first-order chi connectivity index (χ1) is 10.3. The van der Waals surface area contributed by atoms with Crippen molar-refractivity contribution >= 4 is 6.08 Å². The Bertz CT molecular complexity index is 702. The monoisotopic (exact) mass is 278 g/mol. The van der Waals surface area contributed by atoms with Crippen LogP contribution in [0.3, 0.4) is 0 Å². The van der Waals surface area contributed by atoms with Crippen LogP contribution in [0.1, 0.15) is 17.0 Å². The zero-order valence-corrected chi connectivity index (χ0v) is 12.2. The van der Waals surface area contributed by atoms with Gasteiger partial charge < -0.3 is 4.90 Å². The average molecular weight is 278 g/mol. The fraction of sp³-hybridized carbons (Fsp3) is 0.353. The van der Waals surface area contributed by atoms with E-state index in [1.165, 1.54) is 5.56 Å². The molecule has 4 heteroatoms. The number of hydrogen-bond acceptors (Lipinski definition) is 4. The summed E-state index contributed by atoms with van der Waals surface area (Å²) in [5.74, 6) is 0.723. The second-order valence-electron chi connectivity index (χ2n) is 6.05. The van der Waals surface area contributed by atoms with Gasteiger partial charge in [-0.2, -0.15) is 0 Å². The van der Waals surface area contributed by atoms with Crippen LogP contribution in [0.5, 0.6) is 0 Å². The number of likely N-dealkylation sites (tertiary alicyclic amines) is 1. The molecule has 3 heterocycles. The summed E-state index contributed by atoms with van der Waals surface area (Å²) in [7, 11) is 2.16. The third kappa shape index (κ3) is 2.47. The molecule has 2 aliphatic rings. The molecule has 0 spiro atoms. The molecule has 0 saturated carbocycles. The Morgan fingerprint density at radius 1 is 1.24 bits per heavy atom. The number of pyridine rings is 1. The van der Waals surface area contributed by atoms with Crippen molar-refractivity contribution in [2.24, 2.45) is 5.92 Å². The Morgan fingerprint density at radius 2 is 2.14 bits per heavy atom. The van der Waals surface area contributed by atoms with E-state index in [1.54, 1.807) is 0 Å². The van der Waals surface area contributed by atoms with Gasteiger partial charge in [0.1, 0.15) is 0 Å². The number of aromatic nitrogens is 3. The Balaban J connectivity index is 1.58.